The van der Waals surface area contributed by atoms with Crippen molar-refractivity contribution in [2.75, 3.05) is 5.43 Å². The van der Waals surface area contributed by atoms with Gasteiger partial charge in [0, 0.05) is 5.39 Å². The van der Waals surface area contributed by atoms with Crippen molar-refractivity contribution in [3.05, 3.63) is 76.4 Å². The highest BCUT2D eigenvalue weighted by atomic mass is 19.1. The van der Waals surface area contributed by atoms with Crippen LogP contribution in [-0.4, -0.2) is 5.71 Å². The number of rotatable bonds is 3. The number of anilines is 1. The van der Waals surface area contributed by atoms with Crippen LogP contribution in [-0.2, 0) is 0 Å². The summed E-state index contributed by atoms with van der Waals surface area (Å²) in [6.45, 7) is 1.71. The lowest BCUT2D eigenvalue weighted by atomic mass is 10.1. The Balaban J connectivity index is 1.92. The predicted octanol–water partition coefficient (Wildman–Crippen LogP) is 3.77. The molecule has 0 unspecified atom stereocenters. The van der Waals surface area contributed by atoms with Gasteiger partial charge in [-0.2, -0.15) is 5.10 Å². The summed E-state index contributed by atoms with van der Waals surface area (Å²) >= 11 is 0. The van der Waals surface area contributed by atoms with Crippen LogP contribution in [0, 0.1) is 5.82 Å². The Morgan fingerprint density at radius 2 is 1.86 bits per heavy atom. The molecule has 0 aliphatic carbocycles. The maximum atomic E-state index is 12.8. The smallest absolute Gasteiger partial charge is 0.345 e. The quantitative estimate of drug-likeness (QED) is 0.455. The number of hydrazone groups is 1. The maximum absolute atomic E-state index is 12.8. The minimum atomic E-state index is -0.444. The van der Waals surface area contributed by atoms with Gasteiger partial charge in [-0.25, -0.2) is 9.18 Å². The first kappa shape index (κ1) is 14.0. The van der Waals surface area contributed by atoms with Crippen molar-refractivity contribution in [3.63, 3.8) is 0 Å². The fourth-order valence-corrected chi connectivity index (χ4v) is 2.05. The van der Waals surface area contributed by atoms with E-state index in [4.69, 9.17) is 4.42 Å². The second kappa shape index (κ2) is 5.81. The largest absolute Gasteiger partial charge is 0.422 e. The summed E-state index contributed by atoms with van der Waals surface area (Å²) in [5, 5.41) is 4.97. The molecule has 1 N–H and O–H groups in total. The SMILES string of the molecule is C/C(=N\Nc1ccc(F)cc1)c1cc2ccccc2oc1=O. The lowest BCUT2D eigenvalue weighted by Crippen LogP contribution is -2.13. The molecular formula is C17H13FN2O2. The molecule has 3 rings (SSSR count). The zero-order chi connectivity index (χ0) is 15.5. The fraction of sp³-hybridized carbons (Fsp3) is 0.0588. The molecule has 0 fully saturated rings. The van der Waals surface area contributed by atoms with Crippen molar-refractivity contribution in [3.8, 4) is 0 Å². The van der Waals surface area contributed by atoms with E-state index in [2.05, 4.69) is 10.5 Å². The maximum Gasteiger partial charge on any atom is 0.345 e. The Hall–Kier alpha value is -2.95. The number of nitrogens with zero attached hydrogens (tertiary/aromatic N) is 1. The topological polar surface area (TPSA) is 54.6 Å². The number of halogens is 1. The van der Waals surface area contributed by atoms with E-state index >= 15 is 0 Å². The number of hydrogen-bond acceptors (Lipinski definition) is 4. The van der Waals surface area contributed by atoms with Crippen LogP contribution >= 0.6 is 0 Å². The Morgan fingerprint density at radius 1 is 1.14 bits per heavy atom. The summed E-state index contributed by atoms with van der Waals surface area (Å²) in [5.74, 6) is -0.318. The van der Waals surface area contributed by atoms with Gasteiger partial charge in [-0.1, -0.05) is 18.2 Å². The van der Waals surface area contributed by atoms with Gasteiger partial charge in [-0.15, -0.1) is 0 Å². The van der Waals surface area contributed by atoms with E-state index in [0.29, 0.717) is 22.5 Å². The van der Waals surface area contributed by atoms with Crippen LogP contribution < -0.4 is 11.1 Å². The number of para-hydroxylation sites is 1. The average Bonchev–Trinajstić information content (AvgIpc) is 2.53. The van der Waals surface area contributed by atoms with Gasteiger partial charge in [-0.05, 0) is 43.3 Å². The third-order valence-corrected chi connectivity index (χ3v) is 3.23. The highest BCUT2D eigenvalue weighted by molar-refractivity contribution is 6.00. The van der Waals surface area contributed by atoms with E-state index in [0.717, 1.165) is 5.39 Å². The van der Waals surface area contributed by atoms with Gasteiger partial charge in [0.15, 0.2) is 0 Å². The first-order valence-electron chi connectivity index (χ1n) is 6.72. The van der Waals surface area contributed by atoms with Crippen molar-refractivity contribution in [2.45, 2.75) is 6.92 Å². The van der Waals surface area contributed by atoms with E-state index < -0.39 is 5.63 Å². The summed E-state index contributed by atoms with van der Waals surface area (Å²) in [6, 6.07) is 14.8. The van der Waals surface area contributed by atoms with Crippen LogP contribution in [0.25, 0.3) is 11.0 Å². The summed E-state index contributed by atoms with van der Waals surface area (Å²) in [4.78, 5) is 12.0. The van der Waals surface area contributed by atoms with Crippen LogP contribution in [0.3, 0.4) is 0 Å². The molecule has 0 aliphatic rings. The third-order valence-electron chi connectivity index (χ3n) is 3.23. The second-order valence-corrected chi connectivity index (χ2v) is 4.80. The Kier molecular flexibility index (Phi) is 3.70. The highest BCUT2D eigenvalue weighted by Gasteiger charge is 2.08. The number of hydrogen-bond donors (Lipinski definition) is 1. The first-order valence-corrected chi connectivity index (χ1v) is 6.72. The minimum Gasteiger partial charge on any atom is -0.422 e. The molecule has 110 valence electrons. The minimum absolute atomic E-state index is 0.318. The molecule has 0 amide bonds. The summed E-state index contributed by atoms with van der Waals surface area (Å²) in [6.07, 6.45) is 0. The molecule has 1 heterocycles. The zero-order valence-electron chi connectivity index (χ0n) is 11.8. The van der Waals surface area contributed by atoms with E-state index in [-0.39, 0.29) is 5.82 Å². The van der Waals surface area contributed by atoms with Gasteiger partial charge < -0.3 is 4.42 Å². The molecule has 4 nitrogen and oxygen atoms in total. The third kappa shape index (κ3) is 2.88. The normalized spacial score (nSPS) is 11.6. The van der Waals surface area contributed by atoms with Gasteiger partial charge in [0.05, 0.1) is 17.0 Å². The molecule has 0 atom stereocenters. The van der Waals surface area contributed by atoms with Crippen molar-refractivity contribution in [1.82, 2.24) is 0 Å². The van der Waals surface area contributed by atoms with Crippen LogP contribution in [0.4, 0.5) is 10.1 Å². The molecule has 22 heavy (non-hydrogen) atoms. The molecule has 5 heteroatoms. The standard InChI is InChI=1S/C17H13FN2O2/c1-11(19-20-14-8-6-13(18)7-9-14)15-10-12-4-2-3-5-16(12)22-17(15)21/h2-10,20H,1H3/b19-11+. The summed E-state index contributed by atoms with van der Waals surface area (Å²) < 4.78 is 18.1. The number of fused-ring (bicyclic) bond motifs is 1. The summed E-state index contributed by atoms with van der Waals surface area (Å²) in [5.41, 5.74) is 4.38. The van der Waals surface area contributed by atoms with E-state index in [1.807, 2.05) is 18.2 Å². The second-order valence-electron chi connectivity index (χ2n) is 4.80. The van der Waals surface area contributed by atoms with Crippen molar-refractivity contribution >= 4 is 22.4 Å². The van der Waals surface area contributed by atoms with Gasteiger partial charge in [0.25, 0.3) is 0 Å². The van der Waals surface area contributed by atoms with E-state index in [9.17, 15) is 9.18 Å². The van der Waals surface area contributed by atoms with Gasteiger partial charge in [0.2, 0.25) is 0 Å². The van der Waals surface area contributed by atoms with E-state index in [1.165, 1.54) is 12.1 Å². The number of nitrogens with one attached hydrogen (secondary N) is 1. The Morgan fingerprint density at radius 3 is 2.64 bits per heavy atom. The van der Waals surface area contributed by atoms with Crippen LogP contribution in [0.1, 0.15) is 12.5 Å². The molecule has 2 aromatic carbocycles. The molecule has 0 saturated carbocycles. The fourth-order valence-electron chi connectivity index (χ4n) is 2.05. The molecule has 0 spiro atoms. The number of benzene rings is 2. The van der Waals surface area contributed by atoms with Crippen molar-refractivity contribution < 1.29 is 8.81 Å². The van der Waals surface area contributed by atoms with Gasteiger partial charge in [-0.3, -0.25) is 5.43 Å². The van der Waals surface area contributed by atoms with Crippen LogP contribution in [0.2, 0.25) is 0 Å². The Labute approximate surface area is 125 Å². The van der Waals surface area contributed by atoms with Crippen LogP contribution in [0.5, 0.6) is 0 Å². The molecular weight excluding hydrogens is 283 g/mol. The van der Waals surface area contributed by atoms with E-state index in [1.54, 1.807) is 31.2 Å². The zero-order valence-corrected chi connectivity index (χ0v) is 11.8. The Bertz CT molecular complexity index is 898. The van der Waals surface area contributed by atoms with Crippen molar-refractivity contribution in [2.24, 2.45) is 5.10 Å². The molecule has 3 aromatic rings. The summed E-state index contributed by atoms with van der Waals surface area (Å²) in [7, 11) is 0. The molecule has 0 bridgehead atoms. The lowest BCUT2D eigenvalue weighted by molar-refractivity contribution is 0.559. The lowest BCUT2D eigenvalue weighted by Gasteiger charge is -2.04. The van der Waals surface area contributed by atoms with Crippen LogP contribution in [0.15, 0.2) is 68.9 Å². The highest BCUT2D eigenvalue weighted by Crippen LogP contribution is 2.13. The molecule has 1 aromatic heterocycles. The monoisotopic (exact) mass is 296 g/mol. The van der Waals surface area contributed by atoms with Crippen molar-refractivity contribution in [1.29, 1.82) is 0 Å². The predicted molar refractivity (Wildman–Crippen MR) is 84.7 cm³/mol. The van der Waals surface area contributed by atoms with Gasteiger partial charge in [0.1, 0.15) is 11.4 Å². The molecule has 0 aliphatic heterocycles. The van der Waals surface area contributed by atoms with Gasteiger partial charge >= 0.3 is 5.63 Å². The molecule has 0 radical (unpaired) electrons. The molecule has 0 saturated heterocycles. The first-order chi connectivity index (χ1) is 10.6. The average molecular weight is 296 g/mol.